The molecular formula is C5H6F5N3. The van der Waals surface area contributed by atoms with Gasteiger partial charge in [-0.05, 0) is 0 Å². The Bertz CT molecular complexity index is 197. The molecule has 0 fully saturated rings. The molecule has 0 saturated heterocycles. The minimum atomic E-state index is -5.54. The van der Waals surface area contributed by atoms with E-state index in [-0.39, 0.29) is 0 Å². The first-order valence-corrected chi connectivity index (χ1v) is 3.08. The molecular weight excluding hydrogens is 197 g/mol. The summed E-state index contributed by atoms with van der Waals surface area (Å²) in [5.41, 5.74) is 0. The van der Waals surface area contributed by atoms with Crippen molar-refractivity contribution in [3.8, 4) is 0 Å². The van der Waals surface area contributed by atoms with Gasteiger partial charge in [-0.2, -0.15) is 27.1 Å². The molecule has 0 spiro atoms. The van der Waals surface area contributed by atoms with Crippen molar-refractivity contribution in [3.05, 3.63) is 0 Å². The van der Waals surface area contributed by atoms with Crippen LogP contribution in [0.1, 0.15) is 6.42 Å². The molecule has 0 N–H and O–H groups in total. The van der Waals surface area contributed by atoms with Crippen molar-refractivity contribution in [3.63, 3.8) is 0 Å². The van der Waals surface area contributed by atoms with E-state index >= 15 is 0 Å². The Morgan fingerprint density at radius 1 is 1.08 bits per heavy atom. The second-order valence-corrected chi connectivity index (χ2v) is 2.05. The maximum Gasteiger partial charge on any atom is 0.453 e. The van der Waals surface area contributed by atoms with Crippen LogP contribution in [0.5, 0.6) is 0 Å². The third kappa shape index (κ3) is 3.90. The highest BCUT2D eigenvalue weighted by molar-refractivity contribution is 5.22. The van der Waals surface area contributed by atoms with E-state index in [2.05, 4.69) is 22.2 Å². The van der Waals surface area contributed by atoms with Crippen molar-refractivity contribution < 1.29 is 22.0 Å². The molecule has 0 radical (unpaired) electrons. The zero-order valence-corrected chi connectivity index (χ0v) is 6.35. The van der Waals surface area contributed by atoms with E-state index < -0.39 is 25.1 Å². The van der Waals surface area contributed by atoms with Gasteiger partial charge < -0.3 is 0 Å². The smallest absolute Gasteiger partial charge is 0.196 e. The SMILES string of the molecule is C=NN=NCCC(F)(F)C(F)(F)F. The van der Waals surface area contributed by atoms with E-state index in [1.807, 2.05) is 0 Å². The molecule has 0 aliphatic rings. The van der Waals surface area contributed by atoms with E-state index in [1.54, 1.807) is 0 Å². The molecule has 0 aromatic carbocycles. The topological polar surface area (TPSA) is 37.1 Å². The first-order valence-electron chi connectivity index (χ1n) is 3.08. The highest BCUT2D eigenvalue weighted by atomic mass is 19.4. The second kappa shape index (κ2) is 4.24. The second-order valence-electron chi connectivity index (χ2n) is 2.05. The van der Waals surface area contributed by atoms with Gasteiger partial charge in [0.25, 0.3) is 0 Å². The van der Waals surface area contributed by atoms with Crippen LogP contribution in [0, 0.1) is 0 Å². The Morgan fingerprint density at radius 3 is 2.00 bits per heavy atom. The van der Waals surface area contributed by atoms with Gasteiger partial charge in [0.15, 0.2) is 0 Å². The first kappa shape index (κ1) is 11.9. The molecule has 0 aliphatic carbocycles. The summed E-state index contributed by atoms with van der Waals surface area (Å²) in [5.74, 6) is -4.73. The molecule has 0 aromatic rings. The van der Waals surface area contributed by atoms with E-state index in [4.69, 9.17) is 0 Å². The molecule has 0 atom stereocenters. The molecule has 0 amide bonds. The van der Waals surface area contributed by atoms with E-state index in [9.17, 15) is 22.0 Å². The van der Waals surface area contributed by atoms with Crippen LogP contribution in [0.15, 0.2) is 15.4 Å². The number of rotatable bonds is 4. The van der Waals surface area contributed by atoms with Gasteiger partial charge >= 0.3 is 12.1 Å². The van der Waals surface area contributed by atoms with Crippen LogP contribution >= 0.6 is 0 Å². The van der Waals surface area contributed by atoms with Gasteiger partial charge in [0, 0.05) is 13.1 Å². The number of hydrogen-bond acceptors (Lipinski definition) is 2. The van der Waals surface area contributed by atoms with Crippen molar-refractivity contribution in [1.29, 1.82) is 0 Å². The molecule has 0 unspecified atom stereocenters. The van der Waals surface area contributed by atoms with Gasteiger partial charge in [0.1, 0.15) is 0 Å². The summed E-state index contributed by atoms with van der Waals surface area (Å²) in [5, 5.41) is 8.50. The number of alkyl halides is 5. The third-order valence-corrected chi connectivity index (χ3v) is 1.07. The van der Waals surface area contributed by atoms with Crippen molar-refractivity contribution >= 4 is 6.72 Å². The van der Waals surface area contributed by atoms with Crippen molar-refractivity contribution in [2.45, 2.75) is 18.5 Å². The van der Waals surface area contributed by atoms with Crippen LogP contribution in [0.4, 0.5) is 22.0 Å². The molecule has 0 bridgehead atoms. The van der Waals surface area contributed by atoms with Crippen LogP contribution in [0.2, 0.25) is 0 Å². The summed E-state index contributed by atoms with van der Waals surface area (Å²) in [6.07, 6.45) is -6.97. The Kier molecular flexibility index (Phi) is 3.89. The summed E-state index contributed by atoms with van der Waals surface area (Å²) in [4.78, 5) is 0. The molecule has 13 heavy (non-hydrogen) atoms. The highest BCUT2D eigenvalue weighted by Gasteiger charge is 2.56. The zero-order chi connectivity index (χ0) is 10.5. The summed E-state index contributed by atoms with van der Waals surface area (Å²) in [6.45, 7) is 2.08. The molecule has 0 heterocycles. The minimum Gasteiger partial charge on any atom is -0.196 e. The third-order valence-electron chi connectivity index (χ3n) is 1.07. The number of halogens is 5. The van der Waals surface area contributed by atoms with Crippen LogP contribution in [-0.4, -0.2) is 25.4 Å². The van der Waals surface area contributed by atoms with Gasteiger partial charge in [-0.25, -0.2) is 0 Å². The van der Waals surface area contributed by atoms with Crippen molar-refractivity contribution in [2.75, 3.05) is 6.54 Å². The Balaban J connectivity index is 4.04. The normalized spacial score (nSPS) is 13.6. The van der Waals surface area contributed by atoms with E-state index in [0.717, 1.165) is 0 Å². The summed E-state index contributed by atoms with van der Waals surface area (Å²) in [6, 6.07) is 0. The van der Waals surface area contributed by atoms with Crippen LogP contribution in [0.3, 0.4) is 0 Å². The van der Waals surface area contributed by atoms with Gasteiger partial charge in [-0.1, -0.05) is 5.22 Å². The predicted octanol–water partition coefficient (Wildman–Crippen LogP) is 2.64. The fourth-order valence-electron chi connectivity index (χ4n) is 0.422. The Morgan fingerprint density at radius 2 is 1.62 bits per heavy atom. The van der Waals surface area contributed by atoms with Gasteiger partial charge in [-0.15, -0.1) is 5.10 Å². The van der Waals surface area contributed by atoms with Crippen LogP contribution in [0.25, 0.3) is 0 Å². The highest BCUT2D eigenvalue weighted by Crippen LogP contribution is 2.37. The Hall–Kier alpha value is -1.08. The van der Waals surface area contributed by atoms with Gasteiger partial charge in [0.05, 0.1) is 6.54 Å². The maximum absolute atomic E-state index is 12.1. The average Bonchev–Trinajstić information content (AvgIpc) is 1.96. The summed E-state index contributed by atoms with van der Waals surface area (Å²) in [7, 11) is 0. The summed E-state index contributed by atoms with van der Waals surface area (Å²) < 4.78 is 58.6. The maximum atomic E-state index is 12.1. The monoisotopic (exact) mass is 203 g/mol. The van der Waals surface area contributed by atoms with E-state index in [1.165, 1.54) is 0 Å². The van der Waals surface area contributed by atoms with Crippen LogP contribution in [-0.2, 0) is 0 Å². The molecule has 3 nitrogen and oxygen atoms in total. The summed E-state index contributed by atoms with van der Waals surface area (Å²) >= 11 is 0. The van der Waals surface area contributed by atoms with Gasteiger partial charge in [0.2, 0.25) is 0 Å². The van der Waals surface area contributed by atoms with Gasteiger partial charge in [-0.3, -0.25) is 0 Å². The standard InChI is InChI=1S/C5H6F5N3/c1-11-13-12-3-2-4(6,7)5(8,9)10/h1-3H2. The first-order chi connectivity index (χ1) is 5.81. The fraction of sp³-hybridized carbons (Fsp3) is 0.800. The molecule has 0 rings (SSSR count). The quantitative estimate of drug-likeness (QED) is 0.291. The molecule has 0 aliphatic heterocycles. The molecule has 0 saturated carbocycles. The van der Waals surface area contributed by atoms with Crippen molar-refractivity contribution in [1.82, 2.24) is 0 Å². The lowest BCUT2D eigenvalue weighted by molar-refractivity contribution is -0.283. The number of nitrogens with zero attached hydrogens (tertiary/aromatic N) is 3. The zero-order valence-electron chi connectivity index (χ0n) is 6.35. The van der Waals surface area contributed by atoms with Crippen molar-refractivity contribution in [2.24, 2.45) is 15.4 Å². The lowest BCUT2D eigenvalue weighted by Crippen LogP contribution is -2.36. The van der Waals surface area contributed by atoms with Crippen LogP contribution < -0.4 is 0 Å². The molecule has 0 aromatic heterocycles. The fourth-order valence-corrected chi connectivity index (χ4v) is 0.422. The molecule has 76 valence electrons. The lowest BCUT2D eigenvalue weighted by atomic mass is 10.2. The van der Waals surface area contributed by atoms with E-state index in [0.29, 0.717) is 0 Å². The average molecular weight is 203 g/mol. The number of hydrogen-bond donors (Lipinski definition) is 0. The minimum absolute atomic E-state index is 0.745. The lowest BCUT2D eigenvalue weighted by Gasteiger charge is -2.17. The molecule has 8 heteroatoms. The predicted molar refractivity (Wildman–Crippen MR) is 34.9 cm³/mol. The largest absolute Gasteiger partial charge is 0.453 e. The Labute approximate surface area is 70.3 Å².